The lowest BCUT2D eigenvalue weighted by Gasteiger charge is -2.43. The number of methoxy groups -OCH3 is 2. The highest BCUT2D eigenvalue weighted by Crippen LogP contribution is 2.54. The van der Waals surface area contributed by atoms with Gasteiger partial charge in [-0.25, -0.2) is 14.3 Å². The van der Waals surface area contributed by atoms with Crippen LogP contribution >= 0.6 is 0 Å². The summed E-state index contributed by atoms with van der Waals surface area (Å²) in [5, 5.41) is 22.6. The molecule has 2 aliphatic heterocycles. The molecule has 1 fully saturated rings. The molecule has 34 heavy (non-hydrogen) atoms. The molecule has 0 radical (unpaired) electrons. The Bertz CT molecular complexity index is 1530. The minimum absolute atomic E-state index is 0.0288. The Balaban J connectivity index is 1.70. The maximum absolute atomic E-state index is 12.9. The molecule has 0 unspecified atom stereocenters. The first-order chi connectivity index (χ1) is 16.3. The largest absolute Gasteiger partial charge is 0.506 e. The number of hydrogen-bond donors (Lipinski definition) is 2. The zero-order valence-corrected chi connectivity index (χ0v) is 18.2. The van der Waals surface area contributed by atoms with Crippen molar-refractivity contribution in [3.05, 3.63) is 51.4 Å². The van der Waals surface area contributed by atoms with E-state index in [4.69, 9.17) is 18.7 Å². The van der Waals surface area contributed by atoms with Crippen LogP contribution in [0.2, 0.25) is 0 Å². The Morgan fingerprint density at radius 2 is 2.03 bits per heavy atom. The van der Waals surface area contributed by atoms with Crippen molar-refractivity contribution in [3.63, 3.8) is 0 Å². The van der Waals surface area contributed by atoms with Gasteiger partial charge in [0.05, 0.1) is 37.2 Å². The van der Waals surface area contributed by atoms with Crippen molar-refractivity contribution in [2.45, 2.75) is 31.1 Å². The topological polar surface area (TPSA) is 137 Å². The molecule has 0 bridgehead atoms. The maximum atomic E-state index is 12.9. The predicted molar refractivity (Wildman–Crippen MR) is 117 cm³/mol. The number of ketones is 1. The number of aliphatic hydroxyl groups is 2. The second kappa shape index (κ2) is 6.73. The molecule has 3 aromatic rings. The molecule has 0 saturated heterocycles. The summed E-state index contributed by atoms with van der Waals surface area (Å²) in [4.78, 5) is 38.1. The lowest BCUT2D eigenvalue weighted by Crippen LogP contribution is -2.61. The molecule has 10 heteroatoms. The Labute approximate surface area is 191 Å². The molecule has 2 atom stereocenters. The number of hydrogen-bond acceptors (Lipinski definition) is 9. The van der Waals surface area contributed by atoms with Crippen molar-refractivity contribution in [2.75, 3.05) is 14.2 Å². The molecule has 1 aliphatic carbocycles. The van der Waals surface area contributed by atoms with Gasteiger partial charge in [-0.3, -0.25) is 4.79 Å². The van der Waals surface area contributed by atoms with Crippen molar-refractivity contribution in [1.82, 2.24) is 4.74 Å². The number of aliphatic hydroxyl groups excluding tert-OH is 2. The van der Waals surface area contributed by atoms with Crippen LogP contribution in [0.5, 0.6) is 11.5 Å². The first-order valence-corrected chi connectivity index (χ1v) is 10.6. The van der Waals surface area contributed by atoms with E-state index in [9.17, 15) is 24.6 Å². The van der Waals surface area contributed by atoms with Gasteiger partial charge in [0.25, 0.3) is 5.60 Å². The number of aromatic nitrogens is 1. The summed E-state index contributed by atoms with van der Waals surface area (Å²) >= 11 is 0. The van der Waals surface area contributed by atoms with Gasteiger partial charge in [-0.2, -0.15) is 0 Å². The number of esters is 1. The summed E-state index contributed by atoms with van der Waals surface area (Å²) in [5.41, 5.74) is -0.537. The van der Waals surface area contributed by atoms with Gasteiger partial charge < -0.3 is 28.9 Å². The fourth-order valence-electron chi connectivity index (χ4n) is 5.38. The number of benzene rings is 2. The summed E-state index contributed by atoms with van der Waals surface area (Å²) in [5.74, 6) is -1.82. The summed E-state index contributed by atoms with van der Waals surface area (Å²) in [6.45, 7) is 0.155. The van der Waals surface area contributed by atoms with Crippen molar-refractivity contribution >= 4 is 28.4 Å². The highest BCUT2D eigenvalue weighted by Gasteiger charge is 2.61. The van der Waals surface area contributed by atoms with Crippen molar-refractivity contribution in [3.8, 4) is 22.6 Å². The number of carbonyl (C=O) groups excluding carboxylic acids is 2. The van der Waals surface area contributed by atoms with Gasteiger partial charge in [0, 0.05) is 17.5 Å². The van der Waals surface area contributed by atoms with Crippen molar-refractivity contribution in [2.24, 2.45) is 0 Å². The second-order valence-electron chi connectivity index (χ2n) is 8.46. The molecule has 1 aromatic heterocycles. The molecule has 3 aliphatic rings. The van der Waals surface area contributed by atoms with E-state index in [1.54, 1.807) is 24.3 Å². The number of ether oxygens (including phenoxy) is 3. The summed E-state index contributed by atoms with van der Waals surface area (Å²) in [7, 11) is 2.52. The molecule has 0 spiro atoms. The van der Waals surface area contributed by atoms with Crippen LogP contribution in [0.15, 0.2) is 39.2 Å². The quantitative estimate of drug-likeness (QED) is 0.425. The Morgan fingerprint density at radius 1 is 1.24 bits per heavy atom. The molecule has 6 rings (SSSR count). The van der Waals surface area contributed by atoms with Gasteiger partial charge in [0.2, 0.25) is 0 Å². The third kappa shape index (κ3) is 2.30. The maximum Gasteiger partial charge on any atom is 0.365 e. The molecule has 0 amide bonds. The Morgan fingerprint density at radius 3 is 2.76 bits per heavy atom. The number of para-hydroxylation sites is 1. The summed E-state index contributed by atoms with van der Waals surface area (Å²) in [6, 6.07) is 6.75. The number of rotatable bonds is 2. The van der Waals surface area contributed by atoms with E-state index in [0.717, 1.165) is 7.11 Å². The average Bonchev–Trinajstić information content (AvgIpc) is 3.15. The first-order valence-electron chi connectivity index (χ1n) is 10.6. The molecule has 174 valence electrons. The third-order valence-electron chi connectivity index (χ3n) is 6.81. The zero-order valence-electron chi connectivity index (χ0n) is 18.2. The molecule has 3 heterocycles. The number of carbonyl (C=O) groups is 2. The van der Waals surface area contributed by atoms with E-state index < -0.39 is 34.8 Å². The summed E-state index contributed by atoms with van der Waals surface area (Å²) in [6.07, 6.45) is -1.54. The fraction of sp³-hybridized carbons (Fsp3) is 0.292. The fourth-order valence-corrected chi connectivity index (χ4v) is 5.38. The average molecular weight is 465 g/mol. The van der Waals surface area contributed by atoms with Crippen LogP contribution in [0, 0.1) is 0 Å². The Kier molecular flexibility index (Phi) is 4.07. The van der Waals surface area contributed by atoms with Crippen LogP contribution in [0.1, 0.15) is 24.0 Å². The van der Waals surface area contributed by atoms with Gasteiger partial charge in [0.1, 0.15) is 28.9 Å². The van der Waals surface area contributed by atoms with Crippen molar-refractivity contribution < 1.29 is 38.5 Å². The van der Waals surface area contributed by atoms with E-state index in [2.05, 4.69) is 0 Å². The predicted octanol–water partition coefficient (Wildman–Crippen LogP) is 1.93. The second-order valence-corrected chi connectivity index (χ2v) is 8.46. The van der Waals surface area contributed by atoms with Crippen LogP contribution in [-0.2, 0) is 20.9 Å². The van der Waals surface area contributed by atoms with Crippen LogP contribution in [0.4, 0.5) is 0 Å². The van der Waals surface area contributed by atoms with Crippen LogP contribution in [0.3, 0.4) is 0 Å². The van der Waals surface area contributed by atoms with Gasteiger partial charge in [-0.05, 0) is 24.1 Å². The normalized spacial score (nSPS) is 22.6. The number of fused-ring (bicyclic) bond motifs is 4. The lowest BCUT2D eigenvalue weighted by molar-refractivity contribution is -0.169. The smallest absolute Gasteiger partial charge is 0.365 e. The van der Waals surface area contributed by atoms with Gasteiger partial charge in [-0.1, -0.05) is 12.1 Å². The standard InChI is InChI=1S/C24H19NO9/c1-31-21-16-10(9-25-19-11(16)4-3-5-12(19)22(29)34-25)8-14-17(21)20(28)18-13(26)6-7-15(27)24(18,33-14)23(30)32-2/h3-5,8,15,27-28H,6-7,9H2,1-2H3/t15-,24-/m0/s1. The minimum Gasteiger partial charge on any atom is -0.506 e. The summed E-state index contributed by atoms with van der Waals surface area (Å²) < 4.78 is 23.5. The van der Waals surface area contributed by atoms with E-state index in [1.807, 2.05) is 0 Å². The minimum atomic E-state index is -2.21. The molecular formula is C24H19NO9. The highest BCUT2D eigenvalue weighted by molar-refractivity contribution is 6.13. The van der Waals surface area contributed by atoms with E-state index >= 15 is 0 Å². The highest BCUT2D eigenvalue weighted by atomic mass is 16.6. The first kappa shape index (κ1) is 20.5. The molecule has 1 saturated carbocycles. The number of nitrogens with zero attached hydrogens (tertiary/aromatic N) is 1. The number of Topliss-reactive ketones (excluding diaryl/α,β-unsaturated/α-hetero) is 1. The monoisotopic (exact) mass is 465 g/mol. The van der Waals surface area contributed by atoms with E-state index in [1.165, 1.54) is 11.8 Å². The van der Waals surface area contributed by atoms with E-state index in [0.29, 0.717) is 27.6 Å². The van der Waals surface area contributed by atoms with Crippen LogP contribution in [0.25, 0.3) is 27.8 Å². The van der Waals surface area contributed by atoms with Gasteiger partial charge in [0.15, 0.2) is 5.78 Å². The SMILES string of the molecule is COC(=O)[C@@]12Oc3cc4c(c(OC)c3C(O)=C1C(=O)CC[C@@H]2O)-c1cccc2c(=O)on(c12)C4. The van der Waals surface area contributed by atoms with Gasteiger partial charge >= 0.3 is 11.6 Å². The molecular weight excluding hydrogens is 446 g/mol. The van der Waals surface area contributed by atoms with Crippen LogP contribution in [-0.4, -0.2) is 52.6 Å². The lowest BCUT2D eigenvalue weighted by atomic mass is 9.73. The Hall–Kier alpha value is -4.05. The van der Waals surface area contributed by atoms with Crippen molar-refractivity contribution in [1.29, 1.82) is 0 Å². The van der Waals surface area contributed by atoms with E-state index in [-0.39, 0.29) is 42.0 Å². The third-order valence-corrected chi connectivity index (χ3v) is 6.81. The molecule has 2 aromatic carbocycles. The van der Waals surface area contributed by atoms with Gasteiger partial charge in [-0.15, -0.1) is 0 Å². The zero-order chi connectivity index (χ0) is 23.9. The molecule has 2 N–H and O–H groups in total. The molecule has 10 nitrogen and oxygen atoms in total. The van der Waals surface area contributed by atoms with Crippen LogP contribution < -0.4 is 15.1 Å².